The molecule has 20 heteroatoms. The van der Waals surface area contributed by atoms with E-state index in [9.17, 15) is 10.2 Å². The van der Waals surface area contributed by atoms with Gasteiger partial charge in [0.1, 0.15) is 12.7 Å². The van der Waals surface area contributed by atoms with E-state index < -0.39 is 0 Å². The Morgan fingerprint density at radius 1 is 0.450 bits per heavy atom. The SMILES string of the molecule is C[C@@H](c1ccccc1)c1cnc(N2CCN(c3ncnc(N(c4ccc(N5CCC[C@@H](O)C5)cc4)c4cccc([C@@H](C)c5cnc(N6CCN(c7ncnc(Nc8ccc(N9CCC[C@@H](O)C9)cc8)n7)CC6)nc5)c4)n3)CC2)nc1. The van der Waals surface area contributed by atoms with Crippen LogP contribution < -0.4 is 39.6 Å². The molecule has 4 fully saturated rings. The second kappa shape index (κ2) is 23.8. The molecule has 3 N–H and O–H groups in total. The van der Waals surface area contributed by atoms with Crippen LogP contribution in [0.5, 0.6) is 0 Å². The third-order valence-corrected chi connectivity index (χ3v) is 16.0. The average Bonchev–Trinajstić information content (AvgIpc) is 3.52. The highest BCUT2D eigenvalue weighted by molar-refractivity contribution is 5.75. The smallest absolute Gasteiger partial charge is 0.239 e. The zero-order valence-electron chi connectivity index (χ0n) is 45.4. The summed E-state index contributed by atoms with van der Waals surface area (Å²) in [6.45, 7) is 13.1. The summed E-state index contributed by atoms with van der Waals surface area (Å²) < 4.78 is 0. The van der Waals surface area contributed by atoms with Crippen molar-refractivity contribution in [3.05, 3.63) is 163 Å². The number of β-amino-alcohol motifs (C(OH)–C–C–N with tert-alkyl or cyclic N) is 2. The van der Waals surface area contributed by atoms with Crippen molar-refractivity contribution in [1.82, 2.24) is 49.8 Å². The van der Waals surface area contributed by atoms with Crippen LogP contribution in [0.4, 0.5) is 64.1 Å². The minimum Gasteiger partial charge on any atom is -0.391 e. The molecule has 0 aliphatic carbocycles. The van der Waals surface area contributed by atoms with E-state index in [1.165, 1.54) is 5.56 Å². The molecule has 0 amide bonds. The molecule has 0 bridgehead atoms. The highest BCUT2D eigenvalue weighted by atomic mass is 16.3. The summed E-state index contributed by atoms with van der Waals surface area (Å²) in [5.41, 5.74) is 9.26. The molecule has 0 saturated carbocycles. The maximum Gasteiger partial charge on any atom is 0.239 e. The quantitative estimate of drug-likeness (QED) is 0.0899. The van der Waals surface area contributed by atoms with Crippen molar-refractivity contribution in [2.45, 2.75) is 63.6 Å². The van der Waals surface area contributed by atoms with Gasteiger partial charge in [-0.1, -0.05) is 56.3 Å². The maximum atomic E-state index is 10.5. The molecule has 20 nitrogen and oxygen atoms in total. The molecule has 0 unspecified atom stereocenters. The fourth-order valence-corrected chi connectivity index (χ4v) is 11.2. The number of hydrogen-bond acceptors (Lipinski definition) is 20. The molecule has 0 spiro atoms. The number of aliphatic hydroxyl groups is 2. The second-order valence-corrected chi connectivity index (χ2v) is 21.2. The molecule has 8 aromatic rings. The van der Waals surface area contributed by atoms with Gasteiger partial charge in [-0.25, -0.2) is 39.9 Å². The van der Waals surface area contributed by atoms with Crippen LogP contribution in [0, 0.1) is 0 Å². The molecule has 410 valence electrons. The van der Waals surface area contributed by atoms with Gasteiger partial charge in [0.05, 0.1) is 12.2 Å². The first kappa shape index (κ1) is 52.1. The van der Waals surface area contributed by atoms with Crippen molar-refractivity contribution < 1.29 is 10.2 Å². The Hall–Kier alpha value is -8.62. The van der Waals surface area contributed by atoms with Gasteiger partial charge in [-0.2, -0.15) is 9.97 Å². The summed E-state index contributed by atoms with van der Waals surface area (Å²) in [5.74, 6) is 3.80. The van der Waals surface area contributed by atoms with Gasteiger partial charge in [0.2, 0.25) is 35.7 Å². The van der Waals surface area contributed by atoms with E-state index in [0.717, 1.165) is 103 Å². The average molecular weight is 1070 g/mol. The Morgan fingerprint density at radius 3 is 1.49 bits per heavy atom. The summed E-state index contributed by atoms with van der Waals surface area (Å²) in [5, 5.41) is 24.0. The summed E-state index contributed by atoms with van der Waals surface area (Å²) >= 11 is 0. The summed E-state index contributed by atoms with van der Waals surface area (Å²) in [6.07, 6.45) is 13.9. The van der Waals surface area contributed by atoms with Gasteiger partial charge in [0.15, 0.2) is 0 Å². The van der Waals surface area contributed by atoms with Crippen molar-refractivity contribution in [3.63, 3.8) is 0 Å². The van der Waals surface area contributed by atoms with Gasteiger partial charge >= 0.3 is 0 Å². The summed E-state index contributed by atoms with van der Waals surface area (Å²) in [6, 6.07) is 35.6. The van der Waals surface area contributed by atoms with Gasteiger partial charge in [-0.05, 0) is 109 Å². The number of piperazine rings is 2. The Balaban J connectivity index is 0.711. The van der Waals surface area contributed by atoms with Gasteiger partial charge in [-0.15, -0.1) is 0 Å². The van der Waals surface area contributed by atoms with Crippen LogP contribution in [0.25, 0.3) is 0 Å². The topological polar surface area (TPSA) is 204 Å². The molecule has 4 aliphatic rings. The maximum absolute atomic E-state index is 10.5. The van der Waals surface area contributed by atoms with Gasteiger partial charge < -0.3 is 44.9 Å². The number of rotatable bonds is 15. The van der Waals surface area contributed by atoms with E-state index >= 15 is 0 Å². The third kappa shape index (κ3) is 11.9. The van der Waals surface area contributed by atoms with Crippen LogP contribution in [0.1, 0.15) is 73.6 Å². The predicted octanol–water partition coefficient (Wildman–Crippen LogP) is 7.73. The number of nitrogens with zero attached hydrogens (tertiary/aromatic N) is 17. The summed E-state index contributed by atoms with van der Waals surface area (Å²) in [4.78, 5) is 63.1. The first-order chi connectivity index (χ1) is 39.2. The Labute approximate surface area is 466 Å². The molecule has 4 saturated heterocycles. The largest absolute Gasteiger partial charge is 0.391 e. The number of aromatic nitrogens is 10. The predicted molar refractivity (Wildman–Crippen MR) is 313 cm³/mol. The van der Waals surface area contributed by atoms with Crippen molar-refractivity contribution in [2.24, 2.45) is 0 Å². The van der Waals surface area contributed by atoms with Crippen molar-refractivity contribution >= 4 is 64.1 Å². The normalized spacial score (nSPS) is 18.7. The number of anilines is 11. The molecule has 4 aliphatic heterocycles. The van der Waals surface area contributed by atoms with Crippen molar-refractivity contribution in [1.29, 1.82) is 0 Å². The molecule has 8 heterocycles. The Morgan fingerprint density at radius 2 is 0.938 bits per heavy atom. The number of piperidine rings is 2. The first-order valence-corrected chi connectivity index (χ1v) is 28.0. The zero-order valence-corrected chi connectivity index (χ0v) is 45.4. The van der Waals surface area contributed by atoms with Crippen LogP contribution in [0.2, 0.25) is 0 Å². The minimum absolute atomic E-state index is 0.0264. The monoisotopic (exact) mass is 1070 g/mol. The van der Waals surface area contributed by atoms with Crippen molar-refractivity contribution in [3.8, 4) is 0 Å². The van der Waals surface area contributed by atoms with E-state index in [0.29, 0.717) is 82.1 Å². The van der Waals surface area contributed by atoms with Gasteiger partial charge in [0, 0.05) is 144 Å². The lowest BCUT2D eigenvalue weighted by Crippen LogP contribution is -2.47. The molecule has 4 aromatic carbocycles. The van der Waals surface area contributed by atoms with E-state index in [1.807, 2.05) is 43.0 Å². The Kier molecular flexibility index (Phi) is 15.5. The van der Waals surface area contributed by atoms with Crippen LogP contribution in [-0.2, 0) is 0 Å². The number of benzene rings is 4. The Bertz CT molecular complexity index is 3290. The van der Waals surface area contributed by atoms with Crippen molar-refractivity contribution in [2.75, 3.05) is 118 Å². The highest BCUT2D eigenvalue weighted by Gasteiger charge is 2.27. The zero-order chi connectivity index (χ0) is 54.4. The number of nitrogens with one attached hydrogen (secondary N) is 1. The van der Waals surface area contributed by atoms with E-state index in [4.69, 9.17) is 39.9 Å². The summed E-state index contributed by atoms with van der Waals surface area (Å²) in [7, 11) is 0. The molecule has 12 rings (SSSR count). The molecular weight excluding hydrogens is 1000 g/mol. The molecule has 0 radical (unpaired) electrons. The molecule has 4 aromatic heterocycles. The second-order valence-electron chi connectivity index (χ2n) is 21.2. The minimum atomic E-state index is -0.334. The van der Waals surface area contributed by atoms with Crippen LogP contribution in [0.15, 0.2) is 141 Å². The standard InChI is InChI=1S/C60H68N18O2/c1-42(44-9-4-3-5-10-44)46-34-61-56(62-35-46)73-27-31-75(32-28-73)59-67-41-68-60(71-59)78(51-21-19-50(20-22-51)77-24-8-14-54(80)39-77)52-12-6-11-45(33-52)43(2)47-36-63-57(64-37-47)72-25-29-74(30-26-72)58-66-40-65-55(70-58)69-48-15-17-49(18-16-48)76-23-7-13-53(79)38-76/h3-6,9-12,15-22,33-37,40-43,53-54,79-80H,7-8,13-14,23-32,38-39H2,1-2H3,(H,65,66,69,70)/t42-,43+,53+,54+/m0/s1. The van der Waals surface area contributed by atoms with Crippen LogP contribution in [0.3, 0.4) is 0 Å². The van der Waals surface area contributed by atoms with E-state index in [1.54, 1.807) is 12.7 Å². The number of aliphatic hydroxyl groups excluding tert-OH is 2. The molecule has 80 heavy (non-hydrogen) atoms. The highest BCUT2D eigenvalue weighted by Crippen LogP contribution is 2.37. The molecular formula is C60H68N18O2. The lowest BCUT2D eigenvalue weighted by molar-refractivity contribution is 0.154. The van der Waals surface area contributed by atoms with E-state index in [2.05, 4.69) is 148 Å². The van der Waals surface area contributed by atoms with Gasteiger partial charge in [-0.3, -0.25) is 4.90 Å². The molecule has 4 atom stereocenters. The van der Waals surface area contributed by atoms with Gasteiger partial charge in [0.25, 0.3) is 0 Å². The fourth-order valence-electron chi connectivity index (χ4n) is 11.2. The third-order valence-electron chi connectivity index (χ3n) is 16.0. The first-order valence-electron chi connectivity index (χ1n) is 28.0. The lowest BCUT2D eigenvalue weighted by Gasteiger charge is -2.35. The fraction of sp³-hybridized carbons (Fsp3) is 0.367. The van der Waals surface area contributed by atoms with E-state index in [-0.39, 0.29) is 24.0 Å². The number of hydrogen-bond donors (Lipinski definition) is 3. The van der Waals surface area contributed by atoms with Crippen LogP contribution in [-0.4, -0.2) is 151 Å². The lowest BCUT2D eigenvalue weighted by atomic mass is 9.95. The van der Waals surface area contributed by atoms with Crippen LogP contribution >= 0.6 is 0 Å².